The van der Waals surface area contributed by atoms with Gasteiger partial charge in [-0.1, -0.05) is 30.3 Å². The summed E-state index contributed by atoms with van der Waals surface area (Å²) < 4.78 is 6.97. The molecule has 94 valence electrons. The smallest absolute Gasteiger partial charge is 0.302 e. The van der Waals surface area contributed by atoms with E-state index in [4.69, 9.17) is 4.74 Å². The van der Waals surface area contributed by atoms with Crippen molar-refractivity contribution in [3.05, 3.63) is 42.2 Å². The number of aromatic nitrogens is 2. The number of aryl methyl sites for hydroxylation is 1. The average Bonchev–Trinajstić information content (AvgIpc) is 2.71. The Morgan fingerprint density at radius 3 is 2.72 bits per heavy atom. The van der Waals surface area contributed by atoms with E-state index in [-0.39, 0.29) is 5.97 Å². The molecule has 18 heavy (non-hydrogen) atoms. The van der Waals surface area contributed by atoms with Gasteiger partial charge in [0.1, 0.15) is 12.4 Å². The van der Waals surface area contributed by atoms with Gasteiger partial charge in [-0.05, 0) is 6.92 Å². The standard InChI is InChI=1S/C14H16N2O2/c1-11-10-16(8-9-18-12(2)17)14(15-11)13-6-4-3-5-7-13/h3-7,10H,8-9H2,1-2H3. The predicted molar refractivity (Wildman–Crippen MR) is 69.0 cm³/mol. The molecule has 0 aliphatic rings. The third-order valence-corrected chi connectivity index (χ3v) is 2.57. The summed E-state index contributed by atoms with van der Waals surface area (Å²) in [7, 11) is 0. The molecule has 4 nitrogen and oxygen atoms in total. The molecule has 0 amide bonds. The van der Waals surface area contributed by atoms with Gasteiger partial charge in [0.15, 0.2) is 0 Å². The second kappa shape index (κ2) is 5.49. The largest absolute Gasteiger partial charge is 0.464 e. The van der Waals surface area contributed by atoms with Crippen LogP contribution in [0.5, 0.6) is 0 Å². The molecular formula is C14H16N2O2. The summed E-state index contributed by atoms with van der Waals surface area (Å²) in [6.45, 7) is 4.35. The summed E-state index contributed by atoms with van der Waals surface area (Å²) in [6, 6.07) is 9.97. The van der Waals surface area contributed by atoms with Crippen LogP contribution in [0.25, 0.3) is 11.4 Å². The van der Waals surface area contributed by atoms with Gasteiger partial charge in [-0.25, -0.2) is 4.98 Å². The highest BCUT2D eigenvalue weighted by Gasteiger charge is 2.07. The van der Waals surface area contributed by atoms with E-state index < -0.39 is 0 Å². The van der Waals surface area contributed by atoms with Crippen LogP contribution < -0.4 is 0 Å². The van der Waals surface area contributed by atoms with Crippen molar-refractivity contribution in [1.82, 2.24) is 9.55 Å². The number of imidazole rings is 1. The quantitative estimate of drug-likeness (QED) is 0.776. The summed E-state index contributed by atoms with van der Waals surface area (Å²) in [4.78, 5) is 15.2. The number of carbonyl (C=O) groups is 1. The molecule has 0 spiro atoms. The molecule has 0 bridgehead atoms. The number of hydrogen-bond donors (Lipinski definition) is 0. The SMILES string of the molecule is CC(=O)OCCn1cc(C)nc1-c1ccccc1. The number of nitrogens with zero attached hydrogens (tertiary/aromatic N) is 2. The molecular weight excluding hydrogens is 228 g/mol. The highest BCUT2D eigenvalue weighted by molar-refractivity contribution is 5.65. The molecule has 1 aromatic heterocycles. The first-order chi connectivity index (χ1) is 8.66. The molecule has 0 aliphatic heterocycles. The Morgan fingerprint density at radius 2 is 2.06 bits per heavy atom. The summed E-state index contributed by atoms with van der Waals surface area (Å²) in [5, 5.41) is 0. The predicted octanol–water partition coefficient (Wildman–Crippen LogP) is 2.42. The van der Waals surface area contributed by atoms with E-state index in [1.807, 2.05) is 48.0 Å². The Morgan fingerprint density at radius 1 is 1.33 bits per heavy atom. The molecule has 4 heteroatoms. The van der Waals surface area contributed by atoms with Crippen molar-refractivity contribution in [3.63, 3.8) is 0 Å². The van der Waals surface area contributed by atoms with Crippen LogP contribution in [0.4, 0.5) is 0 Å². The highest BCUT2D eigenvalue weighted by atomic mass is 16.5. The number of benzene rings is 1. The van der Waals surface area contributed by atoms with Gasteiger partial charge in [-0.15, -0.1) is 0 Å². The lowest BCUT2D eigenvalue weighted by Gasteiger charge is -2.07. The van der Waals surface area contributed by atoms with Gasteiger partial charge in [0, 0.05) is 18.7 Å². The summed E-state index contributed by atoms with van der Waals surface area (Å²) >= 11 is 0. The second-order valence-electron chi connectivity index (χ2n) is 4.11. The van der Waals surface area contributed by atoms with Crippen molar-refractivity contribution in [1.29, 1.82) is 0 Å². The fourth-order valence-electron chi connectivity index (χ4n) is 1.82. The van der Waals surface area contributed by atoms with Gasteiger partial charge in [-0.2, -0.15) is 0 Å². The first-order valence-electron chi connectivity index (χ1n) is 5.89. The minimum atomic E-state index is -0.256. The van der Waals surface area contributed by atoms with Crippen molar-refractivity contribution >= 4 is 5.97 Å². The van der Waals surface area contributed by atoms with Crippen molar-refractivity contribution in [3.8, 4) is 11.4 Å². The van der Waals surface area contributed by atoms with Crippen LogP contribution in [0.15, 0.2) is 36.5 Å². The maximum atomic E-state index is 10.7. The van der Waals surface area contributed by atoms with Gasteiger partial charge in [-0.3, -0.25) is 4.79 Å². The fourth-order valence-corrected chi connectivity index (χ4v) is 1.82. The Labute approximate surface area is 106 Å². The van der Waals surface area contributed by atoms with E-state index in [2.05, 4.69) is 4.98 Å². The van der Waals surface area contributed by atoms with E-state index in [0.717, 1.165) is 17.1 Å². The van der Waals surface area contributed by atoms with E-state index >= 15 is 0 Å². The average molecular weight is 244 g/mol. The van der Waals surface area contributed by atoms with Crippen LogP contribution in [0.2, 0.25) is 0 Å². The van der Waals surface area contributed by atoms with Crippen LogP contribution in [-0.2, 0) is 16.1 Å². The minimum absolute atomic E-state index is 0.256. The Hall–Kier alpha value is -2.10. The molecule has 0 saturated heterocycles. The third kappa shape index (κ3) is 2.97. The van der Waals surface area contributed by atoms with Gasteiger partial charge < -0.3 is 9.30 Å². The molecule has 1 heterocycles. The lowest BCUT2D eigenvalue weighted by atomic mass is 10.2. The molecule has 2 rings (SSSR count). The molecule has 0 N–H and O–H groups in total. The number of esters is 1. The Bertz CT molecular complexity index is 532. The monoisotopic (exact) mass is 244 g/mol. The lowest BCUT2D eigenvalue weighted by Crippen LogP contribution is -2.09. The van der Waals surface area contributed by atoms with Crippen LogP contribution >= 0.6 is 0 Å². The molecule has 0 saturated carbocycles. The summed E-state index contributed by atoms with van der Waals surface area (Å²) in [5.74, 6) is 0.647. The zero-order valence-corrected chi connectivity index (χ0v) is 10.6. The lowest BCUT2D eigenvalue weighted by molar-refractivity contribution is -0.141. The number of carbonyl (C=O) groups excluding carboxylic acids is 1. The molecule has 0 fully saturated rings. The van der Waals surface area contributed by atoms with Crippen molar-refractivity contribution in [2.45, 2.75) is 20.4 Å². The third-order valence-electron chi connectivity index (χ3n) is 2.57. The molecule has 0 unspecified atom stereocenters. The number of rotatable bonds is 4. The van der Waals surface area contributed by atoms with Gasteiger partial charge >= 0.3 is 5.97 Å². The van der Waals surface area contributed by atoms with Crippen molar-refractivity contribution in [2.24, 2.45) is 0 Å². The van der Waals surface area contributed by atoms with Crippen LogP contribution in [-0.4, -0.2) is 22.1 Å². The second-order valence-corrected chi connectivity index (χ2v) is 4.11. The van der Waals surface area contributed by atoms with Gasteiger partial charge in [0.05, 0.1) is 12.2 Å². The van der Waals surface area contributed by atoms with Crippen LogP contribution in [0.1, 0.15) is 12.6 Å². The van der Waals surface area contributed by atoms with Crippen LogP contribution in [0.3, 0.4) is 0 Å². The van der Waals surface area contributed by atoms with Crippen molar-refractivity contribution < 1.29 is 9.53 Å². The molecule has 0 atom stereocenters. The maximum Gasteiger partial charge on any atom is 0.302 e. The van der Waals surface area contributed by atoms with E-state index in [1.54, 1.807) is 0 Å². The van der Waals surface area contributed by atoms with E-state index in [0.29, 0.717) is 13.2 Å². The zero-order chi connectivity index (χ0) is 13.0. The van der Waals surface area contributed by atoms with Gasteiger partial charge in [0.2, 0.25) is 0 Å². The maximum absolute atomic E-state index is 10.7. The zero-order valence-electron chi connectivity index (χ0n) is 10.6. The summed E-state index contributed by atoms with van der Waals surface area (Å²) in [5.41, 5.74) is 2.02. The number of hydrogen-bond acceptors (Lipinski definition) is 3. The Balaban J connectivity index is 2.18. The van der Waals surface area contributed by atoms with E-state index in [9.17, 15) is 4.79 Å². The molecule has 2 aromatic rings. The summed E-state index contributed by atoms with van der Waals surface area (Å²) in [6.07, 6.45) is 1.96. The molecule has 0 aliphatic carbocycles. The number of ether oxygens (including phenoxy) is 1. The Kier molecular flexibility index (Phi) is 3.77. The molecule has 0 radical (unpaired) electrons. The van der Waals surface area contributed by atoms with E-state index in [1.165, 1.54) is 6.92 Å². The normalized spacial score (nSPS) is 10.3. The topological polar surface area (TPSA) is 44.1 Å². The highest BCUT2D eigenvalue weighted by Crippen LogP contribution is 2.18. The minimum Gasteiger partial charge on any atom is -0.464 e. The van der Waals surface area contributed by atoms with Gasteiger partial charge in [0.25, 0.3) is 0 Å². The fraction of sp³-hybridized carbons (Fsp3) is 0.286. The van der Waals surface area contributed by atoms with Crippen molar-refractivity contribution in [2.75, 3.05) is 6.61 Å². The first-order valence-corrected chi connectivity index (χ1v) is 5.89. The van der Waals surface area contributed by atoms with Crippen LogP contribution in [0, 0.1) is 6.92 Å². The first kappa shape index (κ1) is 12.4. The molecule has 1 aromatic carbocycles.